The second-order valence-electron chi connectivity index (χ2n) is 5.12. The molecule has 0 aliphatic heterocycles. The number of carbonyl (C=O) groups excluding carboxylic acids is 1. The summed E-state index contributed by atoms with van der Waals surface area (Å²) in [5, 5.41) is 0. The van der Waals surface area contributed by atoms with Gasteiger partial charge >= 0.3 is 0 Å². The fourth-order valence-electron chi connectivity index (χ4n) is 2.09. The van der Waals surface area contributed by atoms with Crippen LogP contribution in [-0.2, 0) is 4.74 Å². The first kappa shape index (κ1) is 15.9. The fourth-order valence-corrected chi connectivity index (χ4v) is 2.09. The zero-order valence-electron chi connectivity index (χ0n) is 12.4. The molecule has 2 atom stereocenters. The summed E-state index contributed by atoms with van der Waals surface area (Å²) in [6.07, 6.45) is 4.42. The zero-order chi connectivity index (χ0) is 14.1. The van der Waals surface area contributed by atoms with Crippen molar-refractivity contribution in [3.8, 4) is 0 Å². The summed E-state index contributed by atoms with van der Waals surface area (Å²) in [6.45, 7) is 6.93. The van der Waals surface area contributed by atoms with Crippen LogP contribution in [0, 0.1) is 5.92 Å². The van der Waals surface area contributed by atoms with Crippen molar-refractivity contribution in [3.05, 3.63) is 35.9 Å². The van der Waals surface area contributed by atoms with E-state index < -0.39 is 0 Å². The summed E-state index contributed by atoms with van der Waals surface area (Å²) in [7, 11) is 0. The van der Waals surface area contributed by atoms with Crippen LogP contribution in [0.3, 0.4) is 0 Å². The van der Waals surface area contributed by atoms with Gasteiger partial charge in [-0.3, -0.25) is 4.79 Å². The van der Waals surface area contributed by atoms with Crippen molar-refractivity contribution >= 4 is 5.78 Å². The van der Waals surface area contributed by atoms with Crippen LogP contribution >= 0.6 is 0 Å². The molecule has 0 fully saturated rings. The molecule has 106 valence electrons. The third kappa shape index (κ3) is 5.56. The molecule has 2 unspecified atom stereocenters. The molecule has 1 aromatic carbocycles. The minimum atomic E-state index is -0.349. The number of carbonyl (C=O) groups is 1. The predicted molar refractivity (Wildman–Crippen MR) is 79.5 cm³/mol. The lowest BCUT2D eigenvalue weighted by Crippen LogP contribution is -2.24. The molecule has 1 rings (SSSR count). The van der Waals surface area contributed by atoms with Crippen molar-refractivity contribution in [3.63, 3.8) is 0 Å². The minimum Gasteiger partial charge on any atom is -0.370 e. The molecule has 0 saturated carbocycles. The second-order valence-corrected chi connectivity index (χ2v) is 5.12. The monoisotopic (exact) mass is 262 g/mol. The lowest BCUT2D eigenvalue weighted by Gasteiger charge is -2.18. The summed E-state index contributed by atoms with van der Waals surface area (Å²) in [5.41, 5.74) is 0.733. The van der Waals surface area contributed by atoms with Crippen LogP contribution in [0.2, 0.25) is 0 Å². The van der Waals surface area contributed by atoms with E-state index in [1.54, 1.807) is 0 Å². The van der Waals surface area contributed by atoms with Crippen LogP contribution in [0.25, 0.3) is 0 Å². The van der Waals surface area contributed by atoms with Crippen molar-refractivity contribution in [2.75, 3.05) is 6.61 Å². The lowest BCUT2D eigenvalue weighted by molar-refractivity contribution is 0.0321. The Morgan fingerprint density at radius 3 is 2.47 bits per heavy atom. The first-order valence-corrected chi connectivity index (χ1v) is 7.39. The lowest BCUT2D eigenvalue weighted by atomic mass is 10.0. The highest BCUT2D eigenvalue weighted by atomic mass is 16.5. The van der Waals surface area contributed by atoms with Gasteiger partial charge in [-0.15, -0.1) is 0 Å². The molecule has 2 nitrogen and oxygen atoms in total. The molecule has 0 amide bonds. The molecule has 0 saturated heterocycles. The normalized spacial score (nSPS) is 14.1. The number of benzene rings is 1. The Morgan fingerprint density at radius 1 is 1.21 bits per heavy atom. The summed E-state index contributed by atoms with van der Waals surface area (Å²) in [5.74, 6) is 0.650. The number of Topliss-reactive ketones (excluding diaryl/α,β-unsaturated/α-hetero) is 1. The first-order valence-electron chi connectivity index (χ1n) is 7.39. The molecule has 19 heavy (non-hydrogen) atoms. The molecule has 0 N–H and O–H groups in total. The van der Waals surface area contributed by atoms with E-state index >= 15 is 0 Å². The number of ether oxygens (including phenoxy) is 1. The maximum atomic E-state index is 12.1. The molecule has 1 aromatic rings. The minimum absolute atomic E-state index is 0.0749. The molecule has 0 bridgehead atoms. The Bertz CT molecular complexity index is 359. The molecule has 0 aliphatic rings. The van der Waals surface area contributed by atoms with E-state index in [4.69, 9.17) is 4.74 Å². The van der Waals surface area contributed by atoms with Gasteiger partial charge in [0.15, 0.2) is 5.78 Å². The SMILES string of the molecule is CCCCC(CC)COC(C)C(=O)c1ccccc1. The highest BCUT2D eigenvalue weighted by molar-refractivity contribution is 5.99. The predicted octanol–water partition coefficient (Wildman–Crippen LogP) is 4.49. The first-order chi connectivity index (χ1) is 9.19. The maximum absolute atomic E-state index is 12.1. The van der Waals surface area contributed by atoms with Crippen molar-refractivity contribution in [2.45, 2.75) is 52.6 Å². The van der Waals surface area contributed by atoms with Crippen LogP contribution in [0.1, 0.15) is 56.8 Å². The van der Waals surface area contributed by atoms with Gasteiger partial charge in [0, 0.05) is 5.56 Å². The Morgan fingerprint density at radius 2 is 1.89 bits per heavy atom. The molecular formula is C17H26O2. The van der Waals surface area contributed by atoms with Crippen LogP contribution in [0.4, 0.5) is 0 Å². The molecule has 0 spiro atoms. The summed E-state index contributed by atoms with van der Waals surface area (Å²) < 4.78 is 5.76. The van der Waals surface area contributed by atoms with E-state index in [-0.39, 0.29) is 11.9 Å². The van der Waals surface area contributed by atoms with E-state index in [0.717, 1.165) is 12.0 Å². The number of unbranched alkanes of at least 4 members (excludes halogenated alkanes) is 1. The second kappa shape index (κ2) is 8.87. The number of hydrogen-bond donors (Lipinski definition) is 0. The van der Waals surface area contributed by atoms with Gasteiger partial charge in [-0.25, -0.2) is 0 Å². The van der Waals surface area contributed by atoms with Gasteiger partial charge in [-0.05, 0) is 19.3 Å². The third-order valence-electron chi connectivity index (χ3n) is 3.55. The van der Waals surface area contributed by atoms with Crippen molar-refractivity contribution < 1.29 is 9.53 Å². The van der Waals surface area contributed by atoms with E-state index in [2.05, 4.69) is 13.8 Å². The summed E-state index contributed by atoms with van der Waals surface area (Å²) in [6, 6.07) is 9.37. The Kier molecular flexibility index (Phi) is 7.42. The van der Waals surface area contributed by atoms with Gasteiger partial charge in [0.1, 0.15) is 6.10 Å². The molecule has 0 aliphatic carbocycles. The quantitative estimate of drug-likeness (QED) is 0.613. The van der Waals surface area contributed by atoms with Gasteiger partial charge in [0.25, 0.3) is 0 Å². The van der Waals surface area contributed by atoms with E-state index in [1.807, 2.05) is 37.3 Å². The van der Waals surface area contributed by atoms with Gasteiger partial charge in [0.2, 0.25) is 0 Å². The van der Waals surface area contributed by atoms with E-state index in [0.29, 0.717) is 12.5 Å². The van der Waals surface area contributed by atoms with Crippen LogP contribution in [0.5, 0.6) is 0 Å². The molecule has 0 heterocycles. The van der Waals surface area contributed by atoms with E-state index in [1.165, 1.54) is 19.3 Å². The van der Waals surface area contributed by atoms with E-state index in [9.17, 15) is 4.79 Å². The molecule has 2 heteroatoms. The standard InChI is InChI=1S/C17H26O2/c1-4-6-10-15(5-2)13-19-14(3)17(18)16-11-8-7-9-12-16/h7-9,11-12,14-15H,4-6,10,13H2,1-3H3. The van der Waals surface area contributed by atoms with Gasteiger partial charge in [-0.1, -0.05) is 63.4 Å². The summed E-state index contributed by atoms with van der Waals surface area (Å²) >= 11 is 0. The molecule has 0 aromatic heterocycles. The van der Waals surface area contributed by atoms with Crippen molar-refractivity contribution in [1.82, 2.24) is 0 Å². The highest BCUT2D eigenvalue weighted by Crippen LogP contribution is 2.15. The van der Waals surface area contributed by atoms with Crippen molar-refractivity contribution in [2.24, 2.45) is 5.92 Å². The average molecular weight is 262 g/mol. The van der Waals surface area contributed by atoms with Crippen LogP contribution < -0.4 is 0 Å². The molecular weight excluding hydrogens is 236 g/mol. The highest BCUT2D eigenvalue weighted by Gasteiger charge is 2.17. The average Bonchev–Trinajstić information content (AvgIpc) is 2.47. The van der Waals surface area contributed by atoms with Gasteiger partial charge in [-0.2, -0.15) is 0 Å². The maximum Gasteiger partial charge on any atom is 0.191 e. The van der Waals surface area contributed by atoms with Gasteiger partial charge in [0.05, 0.1) is 6.61 Å². The number of ketones is 1. The molecule has 0 radical (unpaired) electrons. The Balaban J connectivity index is 2.42. The Labute approximate surface area is 117 Å². The smallest absolute Gasteiger partial charge is 0.191 e. The van der Waals surface area contributed by atoms with Crippen LogP contribution in [-0.4, -0.2) is 18.5 Å². The Hall–Kier alpha value is -1.15. The number of hydrogen-bond acceptors (Lipinski definition) is 2. The fraction of sp³-hybridized carbons (Fsp3) is 0.588. The van der Waals surface area contributed by atoms with Crippen LogP contribution in [0.15, 0.2) is 30.3 Å². The largest absolute Gasteiger partial charge is 0.370 e. The summed E-state index contributed by atoms with van der Waals surface area (Å²) in [4.78, 5) is 12.1. The van der Waals surface area contributed by atoms with Gasteiger partial charge < -0.3 is 4.74 Å². The number of rotatable bonds is 9. The topological polar surface area (TPSA) is 26.3 Å². The third-order valence-corrected chi connectivity index (χ3v) is 3.55. The zero-order valence-corrected chi connectivity index (χ0v) is 12.4. The van der Waals surface area contributed by atoms with Crippen molar-refractivity contribution in [1.29, 1.82) is 0 Å².